The molecular weight excluding hydrogens is 242 g/mol. The SMILES string of the molecule is COc1cccc(NC(C(=O)O)C2CC=CCC2)c1. The summed E-state index contributed by atoms with van der Waals surface area (Å²) in [5, 5.41) is 12.5. The number of anilines is 1. The van der Waals surface area contributed by atoms with Crippen molar-refractivity contribution in [1.82, 2.24) is 0 Å². The van der Waals surface area contributed by atoms with Gasteiger partial charge in [0.1, 0.15) is 11.8 Å². The number of nitrogens with one attached hydrogen (secondary N) is 1. The first-order valence-electron chi connectivity index (χ1n) is 6.49. The zero-order valence-electron chi connectivity index (χ0n) is 11.0. The van der Waals surface area contributed by atoms with Crippen molar-refractivity contribution in [2.24, 2.45) is 5.92 Å². The Hall–Kier alpha value is -1.97. The molecule has 0 fully saturated rings. The normalized spacial score (nSPS) is 19.7. The second-order valence-electron chi connectivity index (χ2n) is 4.74. The fourth-order valence-corrected chi connectivity index (χ4v) is 2.39. The molecule has 1 aliphatic rings. The number of ether oxygens (including phenoxy) is 1. The smallest absolute Gasteiger partial charge is 0.326 e. The standard InChI is InChI=1S/C15H19NO3/c1-19-13-9-5-8-12(10-13)16-14(15(17)18)11-6-3-2-4-7-11/h2-3,5,8-11,14,16H,4,6-7H2,1H3,(H,17,18). The maximum atomic E-state index is 11.4. The van der Waals surface area contributed by atoms with E-state index in [-0.39, 0.29) is 5.92 Å². The number of aliphatic carboxylic acids is 1. The lowest BCUT2D eigenvalue weighted by atomic mass is 9.87. The van der Waals surface area contributed by atoms with Crippen LogP contribution in [0.1, 0.15) is 19.3 Å². The van der Waals surface area contributed by atoms with Crippen LogP contribution in [0, 0.1) is 5.92 Å². The molecule has 1 aliphatic carbocycles. The van der Waals surface area contributed by atoms with Crippen molar-refractivity contribution in [2.75, 3.05) is 12.4 Å². The Balaban J connectivity index is 2.11. The van der Waals surface area contributed by atoms with Crippen molar-refractivity contribution >= 4 is 11.7 Å². The number of carboxylic acid groups (broad SMARTS) is 1. The van der Waals surface area contributed by atoms with Gasteiger partial charge in [0.05, 0.1) is 7.11 Å². The number of carbonyl (C=O) groups is 1. The second-order valence-corrected chi connectivity index (χ2v) is 4.74. The van der Waals surface area contributed by atoms with Gasteiger partial charge in [-0.25, -0.2) is 4.79 Å². The Morgan fingerprint density at radius 1 is 1.47 bits per heavy atom. The lowest BCUT2D eigenvalue weighted by molar-refractivity contribution is -0.139. The molecule has 102 valence electrons. The number of carboxylic acids is 1. The Labute approximate surface area is 113 Å². The van der Waals surface area contributed by atoms with Gasteiger partial charge in [-0.05, 0) is 37.3 Å². The van der Waals surface area contributed by atoms with E-state index in [4.69, 9.17) is 4.74 Å². The van der Waals surface area contributed by atoms with Crippen molar-refractivity contribution < 1.29 is 14.6 Å². The monoisotopic (exact) mass is 261 g/mol. The average molecular weight is 261 g/mol. The van der Waals surface area contributed by atoms with E-state index < -0.39 is 12.0 Å². The van der Waals surface area contributed by atoms with E-state index >= 15 is 0 Å². The number of methoxy groups -OCH3 is 1. The minimum absolute atomic E-state index is 0.133. The highest BCUT2D eigenvalue weighted by Crippen LogP contribution is 2.26. The first kappa shape index (κ1) is 13.5. The zero-order valence-corrected chi connectivity index (χ0v) is 11.0. The summed E-state index contributed by atoms with van der Waals surface area (Å²) in [5.41, 5.74) is 0.779. The molecular formula is C15H19NO3. The quantitative estimate of drug-likeness (QED) is 0.800. The van der Waals surface area contributed by atoms with Crippen LogP contribution in [0.3, 0.4) is 0 Å². The molecule has 0 saturated heterocycles. The van der Waals surface area contributed by atoms with E-state index in [2.05, 4.69) is 17.5 Å². The minimum Gasteiger partial charge on any atom is -0.497 e. The zero-order chi connectivity index (χ0) is 13.7. The molecule has 2 unspecified atom stereocenters. The number of allylic oxidation sites excluding steroid dienone is 2. The third kappa shape index (κ3) is 3.50. The fraction of sp³-hybridized carbons (Fsp3) is 0.400. The summed E-state index contributed by atoms with van der Waals surface area (Å²) in [6, 6.07) is 6.80. The number of hydrogen-bond donors (Lipinski definition) is 2. The summed E-state index contributed by atoms with van der Waals surface area (Å²) in [6.07, 6.45) is 6.85. The van der Waals surface area contributed by atoms with E-state index in [0.29, 0.717) is 0 Å². The molecule has 0 bridgehead atoms. The maximum absolute atomic E-state index is 11.4. The summed E-state index contributed by atoms with van der Waals surface area (Å²) in [7, 11) is 1.60. The molecule has 0 amide bonds. The number of rotatable bonds is 5. The molecule has 2 N–H and O–H groups in total. The largest absolute Gasteiger partial charge is 0.497 e. The van der Waals surface area contributed by atoms with Gasteiger partial charge in [0.2, 0.25) is 0 Å². The van der Waals surface area contributed by atoms with Gasteiger partial charge in [-0.2, -0.15) is 0 Å². The van der Waals surface area contributed by atoms with Crippen LogP contribution in [0.15, 0.2) is 36.4 Å². The minimum atomic E-state index is -0.803. The molecule has 0 saturated carbocycles. The predicted octanol–water partition coefficient (Wildman–Crippen LogP) is 2.92. The van der Waals surface area contributed by atoms with Crippen LogP contribution in [0.5, 0.6) is 5.75 Å². The predicted molar refractivity (Wildman–Crippen MR) is 74.5 cm³/mol. The third-order valence-corrected chi connectivity index (χ3v) is 3.44. The Kier molecular flexibility index (Phi) is 4.44. The molecule has 4 nitrogen and oxygen atoms in total. The summed E-state index contributed by atoms with van der Waals surface area (Å²) in [5.74, 6) is 0.0505. The van der Waals surface area contributed by atoms with Gasteiger partial charge < -0.3 is 15.2 Å². The molecule has 0 aromatic heterocycles. The number of hydrogen-bond acceptors (Lipinski definition) is 3. The Bertz CT molecular complexity index is 470. The van der Waals surface area contributed by atoms with Crippen molar-refractivity contribution in [3.8, 4) is 5.75 Å². The highest BCUT2D eigenvalue weighted by molar-refractivity contribution is 5.78. The van der Waals surface area contributed by atoms with Crippen molar-refractivity contribution in [1.29, 1.82) is 0 Å². The van der Waals surface area contributed by atoms with Crippen molar-refractivity contribution in [3.05, 3.63) is 36.4 Å². The van der Waals surface area contributed by atoms with E-state index in [1.165, 1.54) is 0 Å². The van der Waals surface area contributed by atoms with Crippen LogP contribution in [0.2, 0.25) is 0 Å². The molecule has 1 aromatic rings. The Morgan fingerprint density at radius 3 is 2.95 bits per heavy atom. The summed E-state index contributed by atoms with van der Waals surface area (Å²) < 4.78 is 5.14. The van der Waals surface area contributed by atoms with E-state index in [9.17, 15) is 9.90 Å². The van der Waals surface area contributed by atoms with E-state index in [1.54, 1.807) is 7.11 Å². The molecule has 2 rings (SSSR count). The summed E-state index contributed by atoms with van der Waals surface area (Å²) in [4.78, 5) is 11.4. The van der Waals surface area contributed by atoms with Crippen LogP contribution < -0.4 is 10.1 Å². The molecule has 19 heavy (non-hydrogen) atoms. The highest BCUT2D eigenvalue weighted by atomic mass is 16.5. The first-order valence-corrected chi connectivity index (χ1v) is 6.49. The molecule has 0 heterocycles. The molecule has 2 atom stereocenters. The van der Waals surface area contributed by atoms with Crippen LogP contribution in [0.4, 0.5) is 5.69 Å². The Morgan fingerprint density at radius 2 is 2.32 bits per heavy atom. The topological polar surface area (TPSA) is 58.6 Å². The molecule has 0 aliphatic heterocycles. The molecule has 4 heteroatoms. The average Bonchev–Trinajstić information content (AvgIpc) is 2.45. The number of benzene rings is 1. The lowest BCUT2D eigenvalue weighted by Crippen LogP contribution is -2.37. The van der Waals surface area contributed by atoms with Gasteiger partial charge in [-0.1, -0.05) is 18.2 Å². The van der Waals surface area contributed by atoms with Crippen LogP contribution >= 0.6 is 0 Å². The summed E-state index contributed by atoms with van der Waals surface area (Å²) in [6.45, 7) is 0. The van der Waals surface area contributed by atoms with E-state index in [1.807, 2.05) is 24.3 Å². The van der Waals surface area contributed by atoms with Crippen LogP contribution in [-0.4, -0.2) is 24.2 Å². The highest BCUT2D eigenvalue weighted by Gasteiger charge is 2.27. The van der Waals surface area contributed by atoms with Gasteiger partial charge in [-0.3, -0.25) is 0 Å². The van der Waals surface area contributed by atoms with Gasteiger partial charge >= 0.3 is 5.97 Å². The lowest BCUT2D eigenvalue weighted by Gasteiger charge is -2.26. The third-order valence-electron chi connectivity index (χ3n) is 3.44. The maximum Gasteiger partial charge on any atom is 0.326 e. The molecule has 1 aromatic carbocycles. The van der Waals surface area contributed by atoms with Crippen molar-refractivity contribution in [3.63, 3.8) is 0 Å². The molecule has 0 spiro atoms. The molecule has 0 radical (unpaired) electrons. The summed E-state index contributed by atoms with van der Waals surface area (Å²) >= 11 is 0. The second kappa shape index (κ2) is 6.27. The van der Waals surface area contributed by atoms with Crippen LogP contribution in [-0.2, 0) is 4.79 Å². The van der Waals surface area contributed by atoms with Gasteiger partial charge in [0.25, 0.3) is 0 Å². The van der Waals surface area contributed by atoms with Crippen molar-refractivity contribution in [2.45, 2.75) is 25.3 Å². The van der Waals surface area contributed by atoms with E-state index in [0.717, 1.165) is 30.7 Å². The van der Waals surface area contributed by atoms with Gasteiger partial charge in [0, 0.05) is 11.8 Å². The van der Waals surface area contributed by atoms with Crippen LogP contribution in [0.25, 0.3) is 0 Å². The van der Waals surface area contributed by atoms with Gasteiger partial charge in [0.15, 0.2) is 0 Å². The first-order chi connectivity index (χ1) is 9.20. The van der Waals surface area contributed by atoms with Gasteiger partial charge in [-0.15, -0.1) is 0 Å². The fourth-order valence-electron chi connectivity index (χ4n) is 2.39.